The second-order valence-electron chi connectivity index (χ2n) is 3.70. The van der Waals surface area contributed by atoms with E-state index in [-0.39, 0.29) is 13.0 Å². The van der Waals surface area contributed by atoms with Gasteiger partial charge >= 0.3 is 12.1 Å². The summed E-state index contributed by atoms with van der Waals surface area (Å²) in [4.78, 5) is 20.9. The smallest absolute Gasteiger partial charge is 0.397 e. The van der Waals surface area contributed by atoms with Crippen molar-refractivity contribution in [3.63, 3.8) is 0 Å². The van der Waals surface area contributed by atoms with Crippen molar-refractivity contribution in [2.24, 2.45) is 0 Å². The van der Waals surface area contributed by atoms with E-state index in [1.807, 2.05) is 0 Å². The third-order valence-corrected chi connectivity index (χ3v) is 2.00. The van der Waals surface area contributed by atoms with Crippen LogP contribution in [-0.2, 0) is 9.59 Å². The number of nitrogens with one attached hydrogen (secondary N) is 1. The number of halogens is 3. The summed E-state index contributed by atoms with van der Waals surface area (Å²) < 4.78 is 35.2. The van der Waals surface area contributed by atoms with Crippen LogP contribution in [0.4, 0.5) is 13.2 Å². The highest BCUT2D eigenvalue weighted by Crippen LogP contribution is 2.18. The van der Waals surface area contributed by atoms with E-state index in [0.29, 0.717) is 25.7 Å². The lowest BCUT2D eigenvalue weighted by molar-refractivity contribution is -0.153. The highest BCUT2D eigenvalue weighted by molar-refractivity contribution is 5.76. The second kappa shape index (κ2) is 7.92. The summed E-state index contributed by atoms with van der Waals surface area (Å²) in [5.41, 5.74) is 0. The largest absolute Gasteiger partial charge is 0.481 e. The molecule has 0 aliphatic rings. The topological polar surface area (TPSA) is 66.4 Å². The highest BCUT2D eigenvalue weighted by atomic mass is 19.4. The van der Waals surface area contributed by atoms with Gasteiger partial charge in [0, 0.05) is 13.0 Å². The van der Waals surface area contributed by atoms with E-state index in [0.717, 1.165) is 0 Å². The van der Waals surface area contributed by atoms with Crippen molar-refractivity contribution in [3.05, 3.63) is 0 Å². The highest BCUT2D eigenvalue weighted by Gasteiger charge is 2.30. The lowest BCUT2D eigenvalue weighted by Crippen LogP contribution is -2.29. The molecular weight excluding hydrogens is 239 g/mol. The Morgan fingerprint density at radius 3 is 2.18 bits per heavy atom. The number of carboxylic acid groups (broad SMARTS) is 1. The first-order valence-electron chi connectivity index (χ1n) is 5.36. The van der Waals surface area contributed by atoms with Crippen molar-refractivity contribution in [1.82, 2.24) is 5.32 Å². The van der Waals surface area contributed by atoms with E-state index in [2.05, 4.69) is 5.32 Å². The Labute approximate surface area is 97.2 Å². The van der Waals surface area contributed by atoms with Gasteiger partial charge in [0.25, 0.3) is 0 Å². The average Bonchev–Trinajstić information content (AvgIpc) is 2.12. The minimum atomic E-state index is -4.47. The summed E-state index contributed by atoms with van der Waals surface area (Å²) in [6, 6.07) is 0. The Hall–Kier alpha value is -1.27. The van der Waals surface area contributed by atoms with E-state index in [1.165, 1.54) is 0 Å². The van der Waals surface area contributed by atoms with Crippen LogP contribution in [0.1, 0.15) is 38.5 Å². The number of alkyl halides is 3. The average molecular weight is 255 g/mol. The van der Waals surface area contributed by atoms with E-state index in [4.69, 9.17) is 5.11 Å². The number of amides is 1. The van der Waals surface area contributed by atoms with E-state index < -0.39 is 24.5 Å². The molecule has 0 saturated heterocycles. The molecule has 2 N–H and O–H groups in total. The molecule has 0 aromatic carbocycles. The van der Waals surface area contributed by atoms with E-state index in [9.17, 15) is 22.8 Å². The summed E-state index contributed by atoms with van der Waals surface area (Å²) in [6.45, 7) is 0.196. The number of rotatable bonds is 8. The molecule has 0 aromatic rings. The number of carbonyl (C=O) groups excluding carboxylic acids is 1. The van der Waals surface area contributed by atoms with E-state index >= 15 is 0 Å². The van der Waals surface area contributed by atoms with Gasteiger partial charge in [0.1, 0.15) is 6.42 Å². The first-order valence-corrected chi connectivity index (χ1v) is 5.36. The minimum Gasteiger partial charge on any atom is -0.481 e. The van der Waals surface area contributed by atoms with Crippen LogP contribution < -0.4 is 5.32 Å². The van der Waals surface area contributed by atoms with Crippen molar-refractivity contribution in [2.45, 2.75) is 44.7 Å². The SMILES string of the molecule is O=C(O)CCCCCCNC(=O)CC(F)(F)F. The zero-order valence-electron chi connectivity index (χ0n) is 9.35. The Bertz CT molecular complexity index is 254. The van der Waals surface area contributed by atoms with E-state index in [1.54, 1.807) is 0 Å². The fraction of sp³-hybridized carbons (Fsp3) is 0.800. The van der Waals surface area contributed by atoms with Crippen LogP contribution in [0.25, 0.3) is 0 Å². The van der Waals surface area contributed by atoms with Gasteiger partial charge in [-0.1, -0.05) is 12.8 Å². The van der Waals surface area contributed by atoms with Gasteiger partial charge in [-0.15, -0.1) is 0 Å². The predicted octanol–water partition coefficient (Wildman–Crippen LogP) is 2.09. The summed E-state index contributed by atoms with van der Waals surface area (Å²) in [5.74, 6) is -1.88. The van der Waals surface area contributed by atoms with Gasteiger partial charge in [0.2, 0.25) is 5.91 Å². The maximum atomic E-state index is 11.7. The lowest BCUT2D eigenvalue weighted by Gasteiger charge is -2.07. The van der Waals surface area contributed by atoms with Gasteiger partial charge < -0.3 is 10.4 Å². The van der Waals surface area contributed by atoms with Crippen molar-refractivity contribution < 1.29 is 27.9 Å². The van der Waals surface area contributed by atoms with Crippen LogP contribution in [0.2, 0.25) is 0 Å². The first-order chi connectivity index (χ1) is 7.81. The van der Waals surface area contributed by atoms with Crippen molar-refractivity contribution in [3.8, 4) is 0 Å². The predicted molar refractivity (Wildman–Crippen MR) is 54.4 cm³/mol. The second-order valence-corrected chi connectivity index (χ2v) is 3.70. The molecule has 4 nitrogen and oxygen atoms in total. The molecule has 100 valence electrons. The monoisotopic (exact) mass is 255 g/mol. The Balaban J connectivity index is 3.34. The van der Waals surface area contributed by atoms with Crippen LogP contribution in [0.5, 0.6) is 0 Å². The molecule has 0 bridgehead atoms. The maximum Gasteiger partial charge on any atom is 0.397 e. The minimum absolute atomic E-state index is 0.0977. The molecule has 1 amide bonds. The zero-order valence-corrected chi connectivity index (χ0v) is 9.35. The summed E-state index contributed by atoms with van der Waals surface area (Å²) in [5, 5.41) is 10.5. The van der Waals surface area contributed by atoms with Crippen LogP contribution in [0, 0.1) is 0 Å². The van der Waals surface area contributed by atoms with Crippen molar-refractivity contribution in [1.29, 1.82) is 0 Å². The van der Waals surface area contributed by atoms with Gasteiger partial charge in [0.15, 0.2) is 0 Å². The van der Waals surface area contributed by atoms with Gasteiger partial charge in [-0.2, -0.15) is 13.2 Å². The molecule has 0 aliphatic heterocycles. The molecule has 0 heterocycles. The van der Waals surface area contributed by atoms with Crippen LogP contribution in [-0.4, -0.2) is 29.7 Å². The van der Waals surface area contributed by atoms with Gasteiger partial charge in [-0.05, 0) is 12.8 Å². The molecule has 0 atom stereocenters. The Kier molecular flexibility index (Phi) is 7.32. The molecule has 0 spiro atoms. The van der Waals surface area contributed by atoms with Gasteiger partial charge in [-0.3, -0.25) is 9.59 Å². The lowest BCUT2D eigenvalue weighted by atomic mass is 10.1. The number of hydrogen-bond donors (Lipinski definition) is 2. The normalized spacial score (nSPS) is 11.2. The zero-order chi connectivity index (χ0) is 13.3. The fourth-order valence-electron chi connectivity index (χ4n) is 1.23. The number of carboxylic acids is 1. The Morgan fingerprint density at radius 1 is 1.06 bits per heavy atom. The Morgan fingerprint density at radius 2 is 1.65 bits per heavy atom. The summed E-state index contributed by atoms with van der Waals surface area (Å²) in [7, 11) is 0. The molecule has 7 heteroatoms. The maximum absolute atomic E-state index is 11.7. The molecule has 0 aromatic heterocycles. The molecule has 0 unspecified atom stereocenters. The van der Waals surface area contributed by atoms with Crippen LogP contribution in [0.15, 0.2) is 0 Å². The summed E-state index contributed by atoms with van der Waals surface area (Å²) in [6.07, 6.45) is -3.33. The van der Waals surface area contributed by atoms with Gasteiger partial charge in [0.05, 0.1) is 0 Å². The number of carbonyl (C=O) groups is 2. The van der Waals surface area contributed by atoms with Crippen LogP contribution in [0.3, 0.4) is 0 Å². The number of unbranched alkanes of at least 4 members (excludes halogenated alkanes) is 3. The molecule has 0 fully saturated rings. The van der Waals surface area contributed by atoms with Gasteiger partial charge in [-0.25, -0.2) is 0 Å². The third-order valence-electron chi connectivity index (χ3n) is 2.00. The quantitative estimate of drug-likeness (QED) is 0.653. The molecule has 0 saturated carbocycles. The van der Waals surface area contributed by atoms with Crippen molar-refractivity contribution >= 4 is 11.9 Å². The standard InChI is InChI=1S/C10H16F3NO3/c11-10(12,13)7-8(15)14-6-4-2-1-3-5-9(16)17/h1-7H2,(H,14,15)(H,16,17). The number of hydrogen-bond acceptors (Lipinski definition) is 2. The molecule has 0 rings (SSSR count). The summed E-state index contributed by atoms with van der Waals surface area (Å²) >= 11 is 0. The molecule has 17 heavy (non-hydrogen) atoms. The fourth-order valence-corrected chi connectivity index (χ4v) is 1.23. The molecular formula is C10H16F3NO3. The first kappa shape index (κ1) is 15.7. The number of aliphatic carboxylic acids is 1. The molecule has 0 radical (unpaired) electrons. The van der Waals surface area contributed by atoms with Crippen LogP contribution >= 0.6 is 0 Å². The van der Waals surface area contributed by atoms with Crippen molar-refractivity contribution in [2.75, 3.05) is 6.54 Å². The molecule has 0 aliphatic carbocycles. The third kappa shape index (κ3) is 12.7.